The van der Waals surface area contributed by atoms with Crippen molar-refractivity contribution in [2.75, 3.05) is 12.4 Å². The zero-order chi connectivity index (χ0) is 22.0. The maximum atomic E-state index is 14.5. The predicted octanol–water partition coefficient (Wildman–Crippen LogP) is 3.01. The number of ether oxygens (including phenoxy) is 1. The van der Waals surface area contributed by atoms with Crippen molar-refractivity contribution in [3.8, 4) is 22.9 Å². The molecule has 1 saturated heterocycles. The lowest BCUT2D eigenvalue weighted by Crippen LogP contribution is -2.38. The molecule has 3 heterocycles. The summed E-state index contributed by atoms with van der Waals surface area (Å²) in [4.78, 5) is 17.9. The number of hydrogen-bond acceptors (Lipinski definition) is 8. The van der Waals surface area contributed by atoms with Crippen LogP contribution in [0.4, 0.5) is 10.1 Å². The molecule has 1 aliphatic heterocycles. The smallest absolute Gasteiger partial charge is 0.322 e. The summed E-state index contributed by atoms with van der Waals surface area (Å²) in [5.74, 6) is 0.830. The van der Waals surface area contributed by atoms with Crippen molar-refractivity contribution in [2.24, 2.45) is 5.73 Å². The van der Waals surface area contributed by atoms with Gasteiger partial charge in [0.05, 0.1) is 29.8 Å². The third-order valence-electron chi connectivity index (χ3n) is 6.84. The van der Waals surface area contributed by atoms with Crippen molar-refractivity contribution in [3.05, 3.63) is 53.1 Å². The number of aromatic nitrogens is 4. The van der Waals surface area contributed by atoms with Crippen molar-refractivity contribution >= 4 is 5.69 Å². The Balaban J connectivity index is 1.47. The Kier molecular flexibility index (Phi) is 4.22. The molecule has 0 bridgehead atoms. The highest BCUT2D eigenvalue weighted by Gasteiger charge is 2.54. The maximum absolute atomic E-state index is 14.5. The summed E-state index contributed by atoms with van der Waals surface area (Å²) in [6.07, 6.45) is 6.67. The van der Waals surface area contributed by atoms with Crippen molar-refractivity contribution < 1.29 is 9.13 Å². The van der Waals surface area contributed by atoms with Gasteiger partial charge in [0.25, 0.3) is 0 Å². The number of aryl methyl sites for hydroxylation is 1. The Morgan fingerprint density at radius 3 is 2.69 bits per heavy atom. The molecule has 32 heavy (non-hydrogen) atoms. The van der Waals surface area contributed by atoms with Gasteiger partial charge in [0, 0.05) is 36.3 Å². The fraction of sp³-hybridized carbons (Fsp3) is 0.391. The van der Waals surface area contributed by atoms with Gasteiger partial charge in [-0.2, -0.15) is 9.97 Å². The predicted molar refractivity (Wildman–Crippen MR) is 117 cm³/mol. The van der Waals surface area contributed by atoms with Crippen LogP contribution in [0.3, 0.4) is 0 Å². The number of rotatable bonds is 4. The van der Waals surface area contributed by atoms with Gasteiger partial charge in [-0.1, -0.05) is 0 Å². The number of halogens is 1. The van der Waals surface area contributed by atoms with Gasteiger partial charge >= 0.3 is 6.01 Å². The largest absolute Gasteiger partial charge is 0.421 e. The van der Waals surface area contributed by atoms with Crippen LogP contribution in [-0.2, 0) is 6.42 Å². The summed E-state index contributed by atoms with van der Waals surface area (Å²) >= 11 is 0. The third-order valence-corrected chi connectivity index (χ3v) is 6.84. The number of benzene rings is 1. The number of nitrogens with zero attached hydrogens (tertiary/aromatic N) is 4. The van der Waals surface area contributed by atoms with Crippen LogP contribution in [-0.4, -0.2) is 38.6 Å². The standard InChI is InChI=1S/C23H24FN7O/c1-11-27-9-13(10-28-11)32-22-29-17-7-14-15(5-12(24)6-16(14)26-2)20(17)21(30-22)18-8-19(25)23(31-18)3-4-23/h5-6,9-10,18-19,26,31H,3-4,7-8,25H2,1-2H3/t18?,19-/m0/s1. The van der Waals surface area contributed by atoms with E-state index >= 15 is 0 Å². The highest BCUT2D eigenvalue weighted by molar-refractivity contribution is 5.83. The Bertz CT molecular complexity index is 1230. The van der Waals surface area contributed by atoms with Gasteiger partial charge < -0.3 is 21.1 Å². The highest BCUT2D eigenvalue weighted by Crippen LogP contribution is 2.51. The Morgan fingerprint density at radius 2 is 2.00 bits per heavy atom. The topological polar surface area (TPSA) is 111 Å². The molecule has 2 aromatic heterocycles. The lowest BCUT2D eigenvalue weighted by Gasteiger charge is -2.18. The minimum absolute atomic E-state index is 0.00613. The third kappa shape index (κ3) is 3.03. The highest BCUT2D eigenvalue weighted by atomic mass is 19.1. The van der Waals surface area contributed by atoms with Crippen molar-refractivity contribution in [2.45, 2.75) is 50.2 Å². The molecule has 3 aliphatic rings. The fourth-order valence-electron chi connectivity index (χ4n) is 5.02. The second kappa shape index (κ2) is 6.91. The van der Waals surface area contributed by atoms with E-state index in [2.05, 4.69) is 20.6 Å². The molecule has 0 radical (unpaired) electrons. The van der Waals surface area contributed by atoms with Gasteiger partial charge in [-0.25, -0.2) is 14.4 Å². The summed E-state index contributed by atoms with van der Waals surface area (Å²) in [6, 6.07) is 3.34. The van der Waals surface area contributed by atoms with Crippen molar-refractivity contribution in [1.29, 1.82) is 0 Å². The van der Waals surface area contributed by atoms with Crippen LogP contribution in [0.25, 0.3) is 11.1 Å². The second-order valence-corrected chi connectivity index (χ2v) is 8.88. The van der Waals surface area contributed by atoms with E-state index in [4.69, 9.17) is 20.4 Å². The number of fused-ring (bicyclic) bond motifs is 3. The molecule has 9 heteroatoms. The minimum Gasteiger partial charge on any atom is -0.421 e. The molecule has 164 valence electrons. The van der Waals surface area contributed by atoms with E-state index in [1.807, 2.05) is 6.92 Å². The molecule has 2 atom stereocenters. The average Bonchev–Trinajstić information content (AvgIpc) is 3.36. The number of nitrogens with one attached hydrogen (secondary N) is 2. The first-order valence-corrected chi connectivity index (χ1v) is 10.9. The molecule has 3 aromatic rings. The van der Waals surface area contributed by atoms with E-state index in [-0.39, 0.29) is 29.5 Å². The summed E-state index contributed by atoms with van der Waals surface area (Å²) in [6.45, 7) is 1.81. The Hall–Kier alpha value is -3.17. The van der Waals surface area contributed by atoms with E-state index in [0.29, 0.717) is 18.0 Å². The maximum Gasteiger partial charge on any atom is 0.322 e. The van der Waals surface area contributed by atoms with Gasteiger partial charge in [0.2, 0.25) is 0 Å². The normalized spacial score (nSPS) is 22.0. The molecule has 1 unspecified atom stereocenters. The van der Waals surface area contributed by atoms with Crippen LogP contribution in [0.5, 0.6) is 11.8 Å². The lowest BCUT2D eigenvalue weighted by molar-refractivity contribution is 0.428. The van der Waals surface area contributed by atoms with Gasteiger partial charge in [-0.15, -0.1) is 0 Å². The fourth-order valence-corrected chi connectivity index (χ4v) is 5.02. The van der Waals surface area contributed by atoms with Crippen LogP contribution in [0, 0.1) is 12.7 Å². The number of nitrogens with two attached hydrogens (primary N) is 1. The van der Waals surface area contributed by atoms with Gasteiger partial charge in [-0.05, 0) is 49.4 Å². The summed E-state index contributed by atoms with van der Waals surface area (Å²) < 4.78 is 20.4. The first kappa shape index (κ1) is 19.5. The Morgan fingerprint density at radius 1 is 1.22 bits per heavy atom. The number of hydrogen-bond donors (Lipinski definition) is 3. The second-order valence-electron chi connectivity index (χ2n) is 8.88. The molecule has 6 rings (SSSR count). The molecule has 1 saturated carbocycles. The van der Waals surface area contributed by atoms with E-state index in [0.717, 1.165) is 53.0 Å². The first-order valence-electron chi connectivity index (χ1n) is 10.9. The molecule has 1 spiro atoms. The average molecular weight is 433 g/mol. The van der Waals surface area contributed by atoms with Gasteiger partial charge in [0.1, 0.15) is 11.6 Å². The van der Waals surface area contributed by atoms with E-state index in [9.17, 15) is 4.39 Å². The minimum atomic E-state index is -0.293. The molecule has 8 nitrogen and oxygen atoms in total. The molecule has 2 aliphatic carbocycles. The van der Waals surface area contributed by atoms with Crippen LogP contribution < -0.4 is 21.1 Å². The van der Waals surface area contributed by atoms with Crippen LogP contribution >= 0.6 is 0 Å². The summed E-state index contributed by atoms with van der Waals surface area (Å²) in [5, 5.41) is 6.82. The summed E-state index contributed by atoms with van der Waals surface area (Å²) in [7, 11) is 1.80. The first-order chi connectivity index (χ1) is 15.5. The van der Waals surface area contributed by atoms with E-state index in [1.54, 1.807) is 25.5 Å². The van der Waals surface area contributed by atoms with Crippen molar-refractivity contribution in [1.82, 2.24) is 25.3 Å². The zero-order valence-electron chi connectivity index (χ0n) is 17.9. The quantitative estimate of drug-likeness (QED) is 0.450. The molecule has 1 aromatic carbocycles. The summed E-state index contributed by atoms with van der Waals surface area (Å²) in [5.41, 5.74) is 11.6. The van der Waals surface area contributed by atoms with Gasteiger partial charge in [0.15, 0.2) is 5.75 Å². The van der Waals surface area contributed by atoms with Crippen LogP contribution in [0.2, 0.25) is 0 Å². The molecular formula is C23H24FN7O. The van der Waals surface area contributed by atoms with Crippen molar-refractivity contribution in [3.63, 3.8) is 0 Å². The monoisotopic (exact) mass is 433 g/mol. The lowest BCUT2D eigenvalue weighted by atomic mass is 9.98. The SMILES string of the molecule is CNc1cc(F)cc2c1Cc1nc(Oc3cnc(C)nc3)nc(C3C[C@H](N)C4(CC4)N3)c1-2. The molecule has 2 fully saturated rings. The zero-order valence-corrected chi connectivity index (χ0v) is 17.9. The molecular weight excluding hydrogens is 409 g/mol. The molecule has 4 N–H and O–H groups in total. The van der Waals surface area contributed by atoms with E-state index < -0.39 is 0 Å². The Labute approximate surface area is 184 Å². The van der Waals surface area contributed by atoms with E-state index in [1.165, 1.54) is 6.07 Å². The number of anilines is 1. The van der Waals surface area contributed by atoms with Gasteiger partial charge in [-0.3, -0.25) is 0 Å². The molecule has 0 amide bonds. The van der Waals surface area contributed by atoms with Crippen LogP contribution in [0.1, 0.15) is 48.1 Å². The van der Waals surface area contributed by atoms with Crippen LogP contribution in [0.15, 0.2) is 24.5 Å².